The lowest BCUT2D eigenvalue weighted by Crippen LogP contribution is -2.34. The van der Waals surface area contributed by atoms with E-state index in [2.05, 4.69) is 49.2 Å². The van der Waals surface area contributed by atoms with Gasteiger partial charge in [0.25, 0.3) is 5.91 Å². The minimum atomic E-state index is -4.86. The van der Waals surface area contributed by atoms with Crippen molar-refractivity contribution in [3.05, 3.63) is 59.9 Å². The number of hydrogen-bond acceptors (Lipinski definition) is 5. The van der Waals surface area contributed by atoms with Gasteiger partial charge in [-0.1, -0.05) is 29.2 Å². The number of pyridine rings is 1. The predicted molar refractivity (Wildman–Crippen MR) is 141 cm³/mol. The largest absolute Gasteiger partial charge is 0.573 e. The van der Waals surface area contributed by atoms with Crippen LogP contribution in [0.3, 0.4) is 0 Å². The summed E-state index contributed by atoms with van der Waals surface area (Å²) in [5.74, 6) is -0.840. The molecule has 2 amide bonds. The number of ether oxygens (including phenoxy) is 1. The van der Waals surface area contributed by atoms with Crippen LogP contribution < -0.4 is 10.1 Å². The summed E-state index contributed by atoms with van der Waals surface area (Å²) in [4.78, 5) is 35.9. The van der Waals surface area contributed by atoms with Crippen LogP contribution in [-0.2, 0) is 9.22 Å². The second kappa shape index (κ2) is 11.1. The third-order valence-electron chi connectivity index (χ3n) is 6.10. The highest BCUT2D eigenvalue weighted by molar-refractivity contribution is 14.1. The van der Waals surface area contributed by atoms with Gasteiger partial charge in [-0.05, 0) is 56.0 Å². The van der Waals surface area contributed by atoms with Gasteiger partial charge in [0.2, 0.25) is 11.9 Å². The summed E-state index contributed by atoms with van der Waals surface area (Å²) < 4.78 is 45.3. The summed E-state index contributed by atoms with van der Waals surface area (Å²) in [5, 5.41) is 2.83. The molecule has 1 saturated heterocycles. The number of likely N-dealkylation sites (tertiary alicyclic amines) is 1. The number of aromatic nitrogens is 3. The lowest BCUT2D eigenvalue weighted by molar-refractivity contribution is -0.274. The van der Waals surface area contributed by atoms with Gasteiger partial charge in [0, 0.05) is 41.0 Å². The second-order valence-electron chi connectivity index (χ2n) is 8.71. The first kappa shape index (κ1) is 26.9. The molecular weight excluding hydrogens is 602 g/mol. The molecule has 0 bridgehead atoms. The number of alkyl halides is 4. The fourth-order valence-electron chi connectivity index (χ4n) is 4.54. The summed E-state index contributed by atoms with van der Waals surface area (Å²) in [6.07, 6.45) is 0.222. The number of aryl methyl sites for hydroxylation is 1. The van der Waals surface area contributed by atoms with Crippen molar-refractivity contribution in [2.24, 2.45) is 0 Å². The second-order valence-corrected chi connectivity index (χ2v) is 9.48. The minimum Gasteiger partial charge on any atom is -0.406 e. The SMILES string of the molecule is C=CC(=O)N1CCCCC(n2c(NC(=O)c3ccnc(C)c3)nc3cc(OC(F)(F)F)cc(CI)c32)C1. The molecule has 37 heavy (non-hydrogen) atoms. The van der Waals surface area contributed by atoms with E-state index >= 15 is 0 Å². The van der Waals surface area contributed by atoms with Crippen LogP contribution in [0.4, 0.5) is 19.1 Å². The van der Waals surface area contributed by atoms with E-state index in [9.17, 15) is 22.8 Å². The number of imidazole rings is 1. The zero-order valence-electron chi connectivity index (χ0n) is 20.0. The molecule has 0 aliphatic carbocycles. The standard InChI is InChI=1S/C25H25F3IN5O3/c1-3-21(35)33-9-5-4-6-18(14-33)34-22-17(13-29)11-19(37-25(26,27)28)12-20(22)31-24(34)32-23(36)16-7-8-30-15(2)10-16/h3,7-8,10-12,18H,1,4-6,9,13-14H2,2H3,(H,31,32,36). The summed E-state index contributed by atoms with van der Waals surface area (Å²) in [6, 6.07) is 5.47. The first-order valence-electron chi connectivity index (χ1n) is 11.6. The third kappa shape index (κ3) is 6.22. The molecule has 2 aromatic heterocycles. The molecule has 12 heteroatoms. The van der Waals surface area contributed by atoms with Crippen molar-refractivity contribution in [3.8, 4) is 5.75 Å². The molecule has 0 spiro atoms. The topological polar surface area (TPSA) is 89.4 Å². The molecular formula is C25H25F3IN5O3. The zero-order valence-corrected chi connectivity index (χ0v) is 22.2. The summed E-state index contributed by atoms with van der Waals surface area (Å²) in [7, 11) is 0. The minimum absolute atomic E-state index is 0.183. The predicted octanol–water partition coefficient (Wildman–Crippen LogP) is 5.57. The highest BCUT2D eigenvalue weighted by Crippen LogP contribution is 2.36. The molecule has 1 N–H and O–H groups in total. The van der Waals surface area contributed by atoms with Crippen molar-refractivity contribution in [1.29, 1.82) is 0 Å². The number of benzene rings is 1. The van der Waals surface area contributed by atoms with Gasteiger partial charge < -0.3 is 14.2 Å². The molecule has 8 nitrogen and oxygen atoms in total. The fraction of sp³-hybridized carbons (Fsp3) is 0.360. The van der Waals surface area contributed by atoms with E-state index < -0.39 is 12.3 Å². The van der Waals surface area contributed by atoms with Crippen molar-refractivity contribution in [2.45, 2.75) is 43.0 Å². The molecule has 3 heterocycles. The van der Waals surface area contributed by atoms with E-state index in [4.69, 9.17) is 0 Å². The molecule has 1 aliphatic rings. The summed E-state index contributed by atoms with van der Waals surface area (Å²) in [5.41, 5.74) is 2.43. The van der Waals surface area contributed by atoms with Crippen molar-refractivity contribution in [3.63, 3.8) is 0 Å². The first-order valence-corrected chi connectivity index (χ1v) is 13.1. The Kier molecular flexibility index (Phi) is 8.05. The average molecular weight is 627 g/mol. The normalized spacial score (nSPS) is 16.4. The number of carbonyl (C=O) groups is 2. The van der Waals surface area contributed by atoms with Gasteiger partial charge in [-0.25, -0.2) is 4.98 Å². The van der Waals surface area contributed by atoms with Crippen LogP contribution in [0.25, 0.3) is 11.0 Å². The van der Waals surface area contributed by atoms with E-state index in [0.717, 1.165) is 12.8 Å². The van der Waals surface area contributed by atoms with Gasteiger partial charge in [-0.3, -0.25) is 19.9 Å². The van der Waals surface area contributed by atoms with Crippen molar-refractivity contribution < 1.29 is 27.5 Å². The third-order valence-corrected chi connectivity index (χ3v) is 6.92. The van der Waals surface area contributed by atoms with E-state index in [1.54, 1.807) is 24.0 Å². The molecule has 1 fully saturated rings. The number of nitrogens with one attached hydrogen (secondary N) is 1. The molecule has 4 rings (SSSR count). The van der Waals surface area contributed by atoms with Crippen LogP contribution in [0.2, 0.25) is 0 Å². The van der Waals surface area contributed by atoms with Gasteiger partial charge in [-0.2, -0.15) is 0 Å². The molecule has 0 saturated carbocycles. The van der Waals surface area contributed by atoms with Gasteiger partial charge in [0.1, 0.15) is 5.75 Å². The Balaban J connectivity index is 1.85. The number of fused-ring (bicyclic) bond motifs is 1. The Morgan fingerprint density at radius 3 is 2.76 bits per heavy atom. The van der Waals surface area contributed by atoms with Crippen LogP contribution in [0.1, 0.15) is 46.9 Å². The van der Waals surface area contributed by atoms with Crippen LogP contribution in [0, 0.1) is 6.92 Å². The highest BCUT2D eigenvalue weighted by atomic mass is 127. The van der Waals surface area contributed by atoms with Crippen LogP contribution in [-0.4, -0.2) is 50.7 Å². The van der Waals surface area contributed by atoms with Gasteiger partial charge >= 0.3 is 6.36 Å². The van der Waals surface area contributed by atoms with Crippen LogP contribution in [0.15, 0.2) is 43.1 Å². The van der Waals surface area contributed by atoms with E-state index in [1.165, 1.54) is 24.4 Å². The zero-order chi connectivity index (χ0) is 26.7. The summed E-state index contributed by atoms with van der Waals surface area (Å²) >= 11 is 2.07. The number of hydrogen-bond donors (Lipinski definition) is 1. The lowest BCUT2D eigenvalue weighted by Gasteiger charge is -2.26. The number of amides is 2. The quantitative estimate of drug-likeness (QED) is 0.220. The number of halogens is 4. The van der Waals surface area contributed by atoms with E-state index in [1.807, 2.05) is 4.57 Å². The van der Waals surface area contributed by atoms with Gasteiger partial charge in [0.15, 0.2) is 0 Å². The number of rotatable bonds is 6. The van der Waals surface area contributed by atoms with Crippen LogP contribution in [0.5, 0.6) is 5.75 Å². The van der Waals surface area contributed by atoms with E-state index in [0.29, 0.717) is 46.3 Å². The first-order chi connectivity index (χ1) is 17.6. The average Bonchev–Trinajstić information content (AvgIpc) is 3.02. The van der Waals surface area contributed by atoms with E-state index in [-0.39, 0.29) is 29.2 Å². The Bertz CT molecular complexity index is 1340. The van der Waals surface area contributed by atoms with Crippen molar-refractivity contribution >= 4 is 51.4 Å². The molecule has 1 aromatic carbocycles. The van der Waals surface area contributed by atoms with Crippen molar-refractivity contribution in [2.75, 3.05) is 18.4 Å². The molecule has 1 atom stereocenters. The fourth-order valence-corrected chi connectivity index (χ4v) is 5.13. The Morgan fingerprint density at radius 1 is 1.30 bits per heavy atom. The van der Waals surface area contributed by atoms with Gasteiger partial charge in [-0.15, -0.1) is 13.2 Å². The maximum absolute atomic E-state index is 13.1. The molecule has 196 valence electrons. The summed E-state index contributed by atoms with van der Waals surface area (Å²) in [6.45, 7) is 6.26. The molecule has 1 unspecified atom stereocenters. The molecule has 3 aromatic rings. The van der Waals surface area contributed by atoms with Crippen LogP contribution >= 0.6 is 22.6 Å². The highest BCUT2D eigenvalue weighted by Gasteiger charge is 2.33. The maximum atomic E-state index is 13.1. The number of nitrogens with zero attached hydrogens (tertiary/aromatic N) is 4. The van der Waals surface area contributed by atoms with Crippen molar-refractivity contribution in [1.82, 2.24) is 19.4 Å². The number of anilines is 1. The Hall–Kier alpha value is -3.16. The monoisotopic (exact) mass is 627 g/mol. The molecule has 1 aliphatic heterocycles. The number of carbonyl (C=O) groups excluding carboxylic acids is 2. The Labute approximate surface area is 225 Å². The maximum Gasteiger partial charge on any atom is 0.573 e. The lowest BCUT2D eigenvalue weighted by atomic mass is 10.1. The molecule has 0 radical (unpaired) electrons. The Morgan fingerprint density at radius 2 is 2.08 bits per heavy atom. The van der Waals surface area contributed by atoms with Gasteiger partial charge in [0.05, 0.1) is 17.1 Å². The smallest absolute Gasteiger partial charge is 0.406 e.